The molecule has 0 aliphatic heterocycles. The predicted octanol–water partition coefficient (Wildman–Crippen LogP) is 2.23. The molecule has 2 atom stereocenters. The van der Waals surface area contributed by atoms with Gasteiger partial charge in [0.05, 0.1) is 12.2 Å². The number of ether oxygens (including phenoxy) is 2. The van der Waals surface area contributed by atoms with Crippen molar-refractivity contribution < 1.29 is 9.47 Å². The molecule has 2 unspecified atom stereocenters. The first-order chi connectivity index (χ1) is 5.26. The van der Waals surface area contributed by atoms with E-state index in [1.165, 1.54) is 12.8 Å². The highest BCUT2D eigenvalue weighted by Gasteiger charge is 2.14. The van der Waals surface area contributed by atoms with Gasteiger partial charge in [-0.05, 0) is 13.3 Å². The van der Waals surface area contributed by atoms with E-state index in [0.717, 1.165) is 6.42 Å². The summed E-state index contributed by atoms with van der Waals surface area (Å²) in [6.45, 7) is 4.23. The standard InChI is InChI=1S/C9H20O2/c1-5-6-7-9(11-4)8(2)10-3/h8-9H,5-7H2,1-4H3. The van der Waals surface area contributed by atoms with E-state index in [-0.39, 0.29) is 12.2 Å². The highest BCUT2D eigenvalue weighted by atomic mass is 16.5. The zero-order chi connectivity index (χ0) is 8.69. The molecule has 0 aliphatic rings. The van der Waals surface area contributed by atoms with E-state index < -0.39 is 0 Å². The molecule has 0 amide bonds. The molecule has 0 N–H and O–H groups in total. The smallest absolute Gasteiger partial charge is 0.0830 e. The Hall–Kier alpha value is -0.0800. The van der Waals surface area contributed by atoms with E-state index in [1.54, 1.807) is 14.2 Å². The van der Waals surface area contributed by atoms with Crippen LogP contribution in [-0.4, -0.2) is 26.4 Å². The van der Waals surface area contributed by atoms with Gasteiger partial charge in [0.15, 0.2) is 0 Å². The van der Waals surface area contributed by atoms with E-state index in [0.29, 0.717) is 0 Å². The van der Waals surface area contributed by atoms with Gasteiger partial charge in [0.1, 0.15) is 0 Å². The Morgan fingerprint density at radius 2 is 1.82 bits per heavy atom. The third-order valence-corrected chi connectivity index (χ3v) is 2.04. The molecule has 0 heterocycles. The Morgan fingerprint density at radius 3 is 2.18 bits per heavy atom. The highest BCUT2D eigenvalue weighted by Crippen LogP contribution is 2.09. The third kappa shape index (κ3) is 4.38. The van der Waals surface area contributed by atoms with Crippen molar-refractivity contribution in [1.29, 1.82) is 0 Å². The topological polar surface area (TPSA) is 18.5 Å². The Morgan fingerprint density at radius 1 is 1.18 bits per heavy atom. The van der Waals surface area contributed by atoms with Gasteiger partial charge in [-0.15, -0.1) is 0 Å². The molecule has 2 nitrogen and oxygen atoms in total. The fourth-order valence-electron chi connectivity index (χ4n) is 1.10. The molecular weight excluding hydrogens is 140 g/mol. The van der Waals surface area contributed by atoms with Crippen LogP contribution in [0.4, 0.5) is 0 Å². The maximum absolute atomic E-state index is 5.28. The van der Waals surface area contributed by atoms with Crippen molar-refractivity contribution in [2.45, 2.75) is 45.3 Å². The average Bonchev–Trinajstić information content (AvgIpc) is 2.05. The molecule has 0 radical (unpaired) electrons. The van der Waals surface area contributed by atoms with Crippen molar-refractivity contribution in [1.82, 2.24) is 0 Å². The van der Waals surface area contributed by atoms with E-state index in [4.69, 9.17) is 9.47 Å². The van der Waals surface area contributed by atoms with Crippen LogP contribution in [0.1, 0.15) is 33.1 Å². The van der Waals surface area contributed by atoms with Crippen LogP contribution in [0.2, 0.25) is 0 Å². The summed E-state index contributed by atoms with van der Waals surface area (Å²) >= 11 is 0. The molecule has 0 aromatic rings. The predicted molar refractivity (Wildman–Crippen MR) is 46.8 cm³/mol. The van der Waals surface area contributed by atoms with Crippen molar-refractivity contribution in [2.24, 2.45) is 0 Å². The number of unbranched alkanes of at least 4 members (excludes halogenated alkanes) is 1. The van der Waals surface area contributed by atoms with Crippen LogP contribution in [0.5, 0.6) is 0 Å². The van der Waals surface area contributed by atoms with Crippen LogP contribution < -0.4 is 0 Å². The summed E-state index contributed by atoms with van der Waals surface area (Å²) in [7, 11) is 3.47. The molecule has 0 saturated carbocycles. The van der Waals surface area contributed by atoms with Crippen LogP contribution in [0.25, 0.3) is 0 Å². The number of methoxy groups -OCH3 is 2. The van der Waals surface area contributed by atoms with Crippen molar-refractivity contribution in [3.05, 3.63) is 0 Å². The Labute approximate surface area is 69.9 Å². The van der Waals surface area contributed by atoms with Crippen molar-refractivity contribution in [2.75, 3.05) is 14.2 Å². The average molecular weight is 160 g/mol. The summed E-state index contributed by atoms with van der Waals surface area (Å²) in [6.07, 6.45) is 4.01. The van der Waals surface area contributed by atoms with Crippen LogP contribution >= 0.6 is 0 Å². The van der Waals surface area contributed by atoms with Gasteiger partial charge in [-0.2, -0.15) is 0 Å². The van der Waals surface area contributed by atoms with Gasteiger partial charge in [0, 0.05) is 14.2 Å². The maximum Gasteiger partial charge on any atom is 0.0830 e. The van der Waals surface area contributed by atoms with Crippen molar-refractivity contribution >= 4 is 0 Å². The normalized spacial score (nSPS) is 16.4. The van der Waals surface area contributed by atoms with Gasteiger partial charge in [0.25, 0.3) is 0 Å². The molecule has 68 valence electrons. The summed E-state index contributed by atoms with van der Waals surface area (Å²) in [5.74, 6) is 0. The molecule has 0 saturated heterocycles. The summed E-state index contributed by atoms with van der Waals surface area (Å²) in [5, 5.41) is 0. The summed E-state index contributed by atoms with van der Waals surface area (Å²) < 4.78 is 10.5. The molecule has 2 heteroatoms. The summed E-state index contributed by atoms with van der Waals surface area (Å²) in [5.41, 5.74) is 0. The second-order valence-corrected chi connectivity index (χ2v) is 2.86. The van der Waals surface area contributed by atoms with Gasteiger partial charge in [-0.3, -0.25) is 0 Å². The van der Waals surface area contributed by atoms with Crippen LogP contribution in [0, 0.1) is 0 Å². The fraction of sp³-hybridized carbons (Fsp3) is 1.00. The first kappa shape index (κ1) is 10.9. The minimum atomic E-state index is 0.214. The number of hydrogen-bond donors (Lipinski definition) is 0. The second kappa shape index (κ2) is 6.62. The third-order valence-electron chi connectivity index (χ3n) is 2.04. The van der Waals surface area contributed by atoms with Gasteiger partial charge in [-0.25, -0.2) is 0 Å². The minimum Gasteiger partial charge on any atom is -0.379 e. The summed E-state index contributed by atoms with van der Waals surface area (Å²) in [4.78, 5) is 0. The Balaban J connectivity index is 3.56. The second-order valence-electron chi connectivity index (χ2n) is 2.86. The lowest BCUT2D eigenvalue weighted by Crippen LogP contribution is -2.26. The van der Waals surface area contributed by atoms with Crippen LogP contribution in [0.15, 0.2) is 0 Å². The van der Waals surface area contributed by atoms with Gasteiger partial charge >= 0.3 is 0 Å². The summed E-state index contributed by atoms with van der Waals surface area (Å²) in [6, 6.07) is 0. The molecule has 11 heavy (non-hydrogen) atoms. The Bertz CT molecular complexity index is 83.6. The largest absolute Gasteiger partial charge is 0.379 e. The van der Waals surface area contributed by atoms with Gasteiger partial charge < -0.3 is 9.47 Å². The van der Waals surface area contributed by atoms with E-state index in [1.807, 2.05) is 6.92 Å². The lowest BCUT2D eigenvalue weighted by molar-refractivity contribution is -0.0307. The first-order valence-corrected chi connectivity index (χ1v) is 4.31. The van der Waals surface area contributed by atoms with Crippen molar-refractivity contribution in [3.63, 3.8) is 0 Å². The quantitative estimate of drug-likeness (QED) is 0.593. The lowest BCUT2D eigenvalue weighted by Gasteiger charge is -2.20. The molecule has 0 aromatic carbocycles. The Kier molecular flexibility index (Phi) is 6.57. The number of hydrogen-bond acceptors (Lipinski definition) is 2. The van der Waals surface area contributed by atoms with Gasteiger partial charge in [-0.1, -0.05) is 19.8 Å². The molecule has 0 fully saturated rings. The van der Waals surface area contributed by atoms with Crippen molar-refractivity contribution in [3.8, 4) is 0 Å². The van der Waals surface area contributed by atoms with Crippen LogP contribution in [0.3, 0.4) is 0 Å². The van der Waals surface area contributed by atoms with Gasteiger partial charge in [0.2, 0.25) is 0 Å². The lowest BCUT2D eigenvalue weighted by atomic mass is 10.1. The highest BCUT2D eigenvalue weighted by molar-refractivity contribution is 4.64. The fourth-order valence-corrected chi connectivity index (χ4v) is 1.10. The molecule has 0 aromatic heterocycles. The molecule has 0 bridgehead atoms. The molecule has 0 aliphatic carbocycles. The van der Waals surface area contributed by atoms with E-state index in [9.17, 15) is 0 Å². The van der Waals surface area contributed by atoms with Crippen LogP contribution in [-0.2, 0) is 9.47 Å². The minimum absolute atomic E-state index is 0.214. The number of rotatable bonds is 6. The zero-order valence-electron chi connectivity index (χ0n) is 8.09. The zero-order valence-corrected chi connectivity index (χ0v) is 8.09. The van der Waals surface area contributed by atoms with E-state index >= 15 is 0 Å². The van der Waals surface area contributed by atoms with E-state index in [2.05, 4.69) is 6.92 Å². The molecule has 0 rings (SSSR count). The first-order valence-electron chi connectivity index (χ1n) is 4.31. The maximum atomic E-state index is 5.28. The molecular formula is C9H20O2. The SMILES string of the molecule is CCCCC(OC)C(C)OC. The monoisotopic (exact) mass is 160 g/mol. The molecule has 0 spiro atoms.